The number of carbonyl (C=O) groups is 1. The third-order valence-corrected chi connectivity index (χ3v) is 4.86. The van der Waals surface area contributed by atoms with Gasteiger partial charge in [-0.2, -0.15) is 0 Å². The third kappa shape index (κ3) is 3.78. The van der Waals surface area contributed by atoms with E-state index < -0.39 is 16.0 Å². The number of hydrogen-bond acceptors (Lipinski definition) is 5. The number of benzene rings is 1. The molecule has 0 atom stereocenters. The molecular formula is C11H9BrN2O4S2. The molecule has 0 bridgehead atoms. The number of carboxylic acids is 1. The first kappa shape index (κ1) is 14.9. The predicted octanol–water partition coefficient (Wildman–Crippen LogP) is 2.55. The number of aromatic nitrogens is 1. The highest BCUT2D eigenvalue weighted by Gasteiger charge is 2.19. The van der Waals surface area contributed by atoms with Crippen LogP contribution in [-0.4, -0.2) is 24.5 Å². The van der Waals surface area contributed by atoms with Crippen LogP contribution < -0.4 is 4.72 Å². The predicted molar refractivity (Wildman–Crippen MR) is 79.5 cm³/mol. The molecule has 106 valence electrons. The van der Waals surface area contributed by atoms with Crippen LogP contribution >= 0.6 is 27.3 Å². The smallest absolute Gasteiger partial charge is 0.357 e. The van der Waals surface area contributed by atoms with Crippen molar-refractivity contribution in [2.75, 3.05) is 4.72 Å². The van der Waals surface area contributed by atoms with E-state index in [-0.39, 0.29) is 16.4 Å². The average Bonchev–Trinajstić information content (AvgIpc) is 2.75. The molecule has 0 spiro atoms. The molecule has 0 aliphatic rings. The van der Waals surface area contributed by atoms with Crippen molar-refractivity contribution in [3.05, 3.63) is 45.5 Å². The lowest BCUT2D eigenvalue weighted by Crippen LogP contribution is -2.16. The molecule has 6 nitrogen and oxygen atoms in total. The fraction of sp³-hybridized carbons (Fsp3) is 0.0909. The lowest BCUT2D eigenvalue weighted by molar-refractivity contribution is 0.0692. The zero-order valence-corrected chi connectivity index (χ0v) is 13.1. The van der Waals surface area contributed by atoms with Gasteiger partial charge in [-0.25, -0.2) is 18.2 Å². The zero-order valence-electron chi connectivity index (χ0n) is 9.91. The van der Waals surface area contributed by atoms with Crippen molar-refractivity contribution in [3.63, 3.8) is 0 Å². The van der Waals surface area contributed by atoms with Gasteiger partial charge in [0.15, 0.2) is 5.69 Å². The molecule has 1 heterocycles. The lowest BCUT2D eigenvalue weighted by atomic mass is 10.2. The summed E-state index contributed by atoms with van der Waals surface area (Å²) in [5.74, 6) is -1.52. The lowest BCUT2D eigenvalue weighted by Gasteiger charge is -2.07. The first-order chi connectivity index (χ1) is 9.37. The molecule has 20 heavy (non-hydrogen) atoms. The molecule has 0 radical (unpaired) electrons. The first-order valence-corrected chi connectivity index (χ1v) is 8.61. The van der Waals surface area contributed by atoms with Gasteiger partial charge in [-0.15, -0.1) is 11.3 Å². The Morgan fingerprint density at radius 2 is 2.20 bits per heavy atom. The molecule has 0 saturated carbocycles. The van der Waals surface area contributed by atoms with E-state index >= 15 is 0 Å². The highest BCUT2D eigenvalue weighted by Crippen LogP contribution is 2.23. The van der Waals surface area contributed by atoms with Crippen molar-refractivity contribution in [2.45, 2.75) is 5.75 Å². The van der Waals surface area contributed by atoms with Gasteiger partial charge in [0, 0.05) is 4.47 Å². The van der Waals surface area contributed by atoms with Crippen LogP contribution in [0, 0.1) is 0 Å². The second-order valence-corrected chi connectivity index (χ2v) is 7.32. The van der Waals surface area contributed by atoms with Crippen LogP contribution in [0.2, 0.25) is 0 Å². The number of anilines is 1. The summed E-state index contributed by atoms with van der Waals surface area (Å²) in [5, 5.41) is 8.89. The SMILES string of the molecule is O=C(O)c1ncsc1NS(=O)(=O)Cc1cccc(Br)c1. The number of sulfonamides is 1. The Morgan fingerprint density at radius 3 is 2.85 bits per heavy atom. The second kappa shape index (κ2) is 5.90. The molecule has 0 saturated heterocycles. The highest BCUT2D eigenvalue weighted by atomic mass is 79.9. The van der Waals surface area contributed by atoms with Crippen molar-refractivity contribution < 1.29 is 18.3 Å². The Labute approximate surface area is 127 Å². The fourth-order valence-electron chi connectivity index (χ4n) is 1.49. The molecule has 1 aromatic heterocycles. The monoisotopic (exact) mass is 376 g/mol. The minimum atomic E-state index is -3.69. The molecule has 2 rings (SSSR count). The molecular weight excluding hydrogens is 368 g/mol. The van der Waals surface area contributed by atoms with Crippen LogP contribution in [-0.2, 0) is 15.8 Å². The number of thiazole rings is 1. The molecule has 2 N–H and O–H groups in total. The molecule has 1 aromatic carbocycles. The van der Waals surface area contributed by atoms with Gasteiger partial charge in [-0.05, 0) is 17.7 Å². The number of hydrogen-bond donors (Lipinski definition) is 2. The van der Waals surface area contributed by atoms with Crippen molar-refractivity contribution in [1.29, 1.82) is 0 Å². The molecule has 0 fully saturated rings. The van der Waals surface area contributed by atoms with E-state index in [0.717, 1.165) is 15.8 Å². The van der Waals surface area contributed by atoms with Gasteiger partial charge >= 0.3 is 5.97 Å². The van der Waals surface area contributed by atoms with Crippen LogP contribution in [0.1, 0.15) is 16.1 Å². The quantitative estimate of drug-likeness (QED) is 0.835. The van der Waals surface area contributed by atoms with Gasteiger partial charge in [0.25, 0.3) is 0 Å². The van der Waals surface area contributed by atoms with E-state index in [1.165, 1.54) is 5.51 Å². The van der Waals surface area contributed by atoms with E-state index in [1.807, 2.05) is 0 Å². The Balaban J connectivity index is 2.19. The number of carboxylic acid groups (broad SMARTS) is 1. The van der Waals surface area contributed by atoms with Crippen LogP contribution in [0.4, 0.5) is 5.00 Å². The number of halogens is 1. The van der Waals surface area contributed by atoms with E-state index in [4.69, 9.17) is 5.11 Å². The summed E-state index contributed by atoms with van der Waals surface area (Å²) >= 11 is 4.19. The number of nitrogens with zero attached hydrogens (tertiary/aromatic N) is 1. The van der Waals surface area contributed by atoms with Crippen LogP contribution in [0.5, 0.6) is 0 Å². The number of rotatable bonds is 5. The Kier molecular flexibility index (Phi) is 4.41. The van der Waals surface area contributed by atoms with Crippen molar-refractivity contribution >= 4 is 48.3 Å². The minimum absolute atomic E-state index is 0.00694. The Hall–Kier alpha value is -1.45. The summed E-state index contributed by atoms with van der Waals surface area (Å²) in [6.45, 7) is 0. The Bertz CT molecular complexity index is 742. The molecule has 2 aromatic rings. The maximum absolute atomic E-state index is 12.0. The van der Waals surface area contributed by atoms with Crippen molar-refractivity contribution in [3.8, 4) is 0 Å². The molecule has 9 heteroatoms. The molecule has 0 amide bonds. The van der Waals surface area contributed by atoms with Gasteiger partial charge in [0.05, 0.1) is 11.3 Å². The molecule has 0 aliphatic heterocycles. The third-order valence-electron chi connectivity index (χ3n) is 2.26. The zero-order chi connectivity index (χ0) is 14.8. The summed E-state index contributed by atoms with van der Waals surface area (Å²) in [5.41, 5.74) is 1.57. The number of nitrogens with one attached hydrogen (secondary N) is 1. The molecule has 0 unspecified atom stereocenters. The highest BCUT2D eigenvalue weighted by molar-refractivity contribution is 9.10. The maximum Gasteiger partial charge on any atom is 0.357 e. The summed E-state index contributed by atoms with van der Waals surface area (Å²) in [4.78, 5) is 14.5. The van der Waals surface area contributed by atoms with Gasteiger partial charge in [-0.1, -0.05) is 28.1 Å². The van der Waals surface area contributed by atoms with Gasteiger partial charge in [0.2, 0.25) is 10.0 Å². The summed E-state index contributed by atoms with van der Waals surface area (Å²) in [6, 6.07) is 6.87. The van der Waals surface area contributed by atoms with E-state index in [9.17, 15) is 13.2 Å². The van der Waals surface area contributed by atoms with Crippen LogP contribution in [0.15, 0.2) is 34.2 Å². The summed E-state index contributed by atoms with van der Waals surface area (Å²) in [7, 11) is -3.69. The standard InChI is InChI=1S/C11H9BrN2O4S2/c12-8-3-1-2-7(4-8)5-20(17,18)14-10-9(11(15)16)13-6-19-10/h1-4,6,14H,5H2,(H,15,16). The van der Waals surface area contributed by atoms with E-state index in [1.54, 1.807) is 24.3 Å². The van der Waals surface area contributed by atoms with E-state index in [0.29, 0.717) is 5.56 Å². The van der Waals surface area contributed by atoms with Crippen molar-refractivity contribution in [2.24, 2.45) is 0 Å². The number of aromatic carboxylic acids is 1. The normalized spacial score (nSPS) is 11.2. The minimum Gasteiger partial charge on any atom is -0.476 e. The van der Waals surface area contributed by atoms with Gasteiger partial charge in [0.1, 0.15) is 5.00 Å². The molecule has 0 aliphatic carbocycles. The van der Waals surface area contributed by atoms with Crippen molar-refractivity contribution in [1.82, 2.24) is 4.98 Å². The fourth-order valence-corrected chi connectivity index (χ4v) is 4.10. The van der Waals surface area contributed by atoms with Gasteiger partial charge in [-0.3, -0.25) is 4.72 Å². The Morgan fingerprint density at radius 1 is 1.45 bits per heavy atom. The average molecular weight is 377 g/mol. The van der Waals surface area contributed by atoms with Crippen LogP contribution in [0.3, 0.4) is 0 Å². The topological polar surface area (TPSA) is 96.4 Å². The van der Waals surface area contributed by atoms with Crippen LogP contribution in [0.25, 0.3) is 0 Å². The summed E-state index contributed by atoms with van der Waals surface area (Å²) in [6.07, 6.45) is 0. The summed E-state index contributed by atoms with van der Waals surface area (Å²) < 4.78 is 27.0. The second-order valence-electron chi connectivity index (χ2n) is 3.83. The largest absolute Gasteiger partial charge is 0.476 e. The first-order valence-electron chi connectivity index (χ1n) is 5.29. The van der Waals surface area contributed by atoms with Gasteiger partial charge < -0.3 is 5.11 Å². The maximum atomic E-state index is 12.0. The van der Waals surface area contributed by atoms with E-state index in [2.05, 4.69) is 25.6 Å².